The number of aromatic nitrogens is 2. The number of nitrogens with one attached hydrogen (secondary N) is 2. The highest BCUT2D eigenvalue weighted by Crippen LogP contribution is 2.24. The molecule has 3 aromatic rings. The lowest BCUT2D eigenvalue weighted by molar-refractivity contribution is 0.105. The highest BCUT2D eigenvalue weighted by molar-refractivity contribution is 9.10. The van der Waals surface area contributed by atoms with E-state index < -0.39 is 6.10 Å². The lowest BCUT2D eigenvalue weighted by atomic mass is 10.2. The van der Waals surface area contributed by atoms with Crippen LogP contribution in [0.1, 0.15) is 0 Å². The SMILES string of the molecule is OCC(O)CNc1ccc(-c2nc3ccc(Br)cc3[nH]2)cc1. The van der Waals surface area contributed by atoms with Gasteiger partial charge in [-0.05, 0) is 42.5 Å². The number of nitrogens with zero attached hydrogens (tertiary/aromatic N) is 1. The van der Waals surface area contributed by atoms with Gasteiger partial charge < -0.3 is 20.5 Å². The Bertz CT molecular complexity index is 771. The number of halogens is 1. The minimum Gasteiger partial charge on any atom is -0.394 e. The van der Waals surface area contributed by atoms with Gasteiger partial charge in [0.2, 0.25) is 0 Å². The molecular weight excluding hydrogens is 346 g/mol. The van der Waals surface area contributed by atoms with E-state index in [1.807, 2.05) is 42.5 Å². The van der Waals surface area contributed by atoms with Crippen molar-refractivity contribution in [1.82, 2.24) is 9.97 Å². The van der Waals surface area contributed by atoms with Crippen LogP contribution >= 0.6 is 15.9 Å². The van der Waals surface area contributed by atoms with E-state index in [2.05, 4.69) is 31.2 Å². The molecule has 1 atom stereocenters. The molecule has 0 aliphatic heterocycles. The zero-order valence-electron chi connectivity index (χ0n) is 11.8. The fraction of sp³-hybridized carbons (Fsp3) is 0.188. The lowest BCUT2D eigenvalue weighted by Gasteiger charge is -2.10. The largest absolute Gasteiger partial charge is 0.394 e. The van der Waals surface area contributed by atoms with Crippen molar-refractivity contribution in [1.29, 1.82) is 0 Å². The van der Waals surface area contributed by atoms with Gasteiger partial charge in [0.05, 0.1) is 23.7 Å². The van der Waals surface area contributed by atoms with Crippen molar-refractivity contribution in [3.05, 3.63) is 46.9 Å². The molecular formula is C16H16BrN3O2. The molecule has 6 heteroatoms. The lowest BCUT2D eigenvalue weighted by Crippen LogP contribution is -2.22. The Morgan fingerprint density at radius 1 is 1.18 bits per heavy atom. The predicted octanol–water partition coefficient (Wildman–Crippen LogP) is 2.76. The number of fused-ring (bicyclic) bond motifs is 1. The molecule has 0 aliphatic carbocycles. The average Bonchev–Trinajstić information content (AvgIpc) is 2.96. The minimum atomic E-state index is -0.756. The third kappa shape index (κ3) is 3.30. The fourth-order valence-electron chi connectivity index (χ4n) is 2.16. The molecule has 1 aromatic heterocycles. The molecule has 0 fully saturated rings. The monoisotopic (exact) mass is 361 g/mol. The molecule has 0 bridgehead atoms. The maximum absolute atomic E-state index is 9.32. The fourth-order valence-corrected chi connectivity index (χ4v) is 2.53. The van der Waals surface area contributed by atoms with Gasteiger partial charge in [0.1, 0.15) is 5.82 Å². The van der Waals surface area contributed by atoms with E-state index in [0.29, 0.717) is 6.54 Å². The van der Waals surface area contributed by atoms with Crippen LogP contribution in [0.3, 0.4) is 0 Å². The molecule has 114 valence electrons. The number of aromatic amines is 1. The minimum absolute atomic E-state index is 0.250. The predicted molar refractivity (Wildman–Crippen MR) is 90.8 cm³/mol. The molecule has 5 nitrogen and oxygen atoms in total. The van der Waals surface area contributed by atoms with Crippen LogP contribution < -0.4 is 5.32 Å². The van der Waals surface area contributed by atoms with Crippen LogP contribution in [0.5, 0.6) is 0 Å². The maximum Gasteiger partial charge on any atom is 0.138 e. The second kappa shape index (κ2) is 6.48. The zero-order chi connectivity index (χ0) is 15.5. The van der Waals surface area contributed by atoms with Gasteiger partial charge in [0, 0.05) is 22.3 Å². The van der Waals surface area contributed by atoms with Crippen molar-refractivity contribution in [2.75, 3.05) is 18.5 Å². The summed E-state index contributed by atoms with van der Waals surface area (Å²) in [6, 6.07) is 13.7. The molecule has 3 rings (SSSR count). The van der Waals surface area contributed by atoms with Crippen LogP contribution in [0.15, 0.2) is 46.9 Å². The molecule has 0 aliphatic rings. The molecule has 0 saturated carbocycles. The molecule has 22 heavy (non-hydrogen) atoms. The second-order valence-electron chi connectivity index (χ2n) is 5.04. The number of imidazole rings is 1. The molecule has 0 radical (unpaired) electrons. The number of hydrogen-bond donors (Lipinski definition) is 4. The summed E-state index contributed by atoms with van der Waals surface area (Å²) in [6.45, 7) is 0.0636. The highest BCUT2D eigenvalue weighted by Gasteiger charge is 2.06. The first kappa shape index (κ1) is 15.0. The summed E-state index contributed by atoms with van der Waals surface area (Å²) in [5.41, 5.74) is 3.78. The summed E-state index contributed by atoms with van der Waals surface area (Å²) in [6.07, 6.45) is -0.756. The standard InChI is InChI=1S/C16H16BrN3O2/c17-11-3-6-14-15(7-11)20-16(19-14)10-1-4-12(5-2-10)18-8-13(22)9-21/h1-7,13,18,21-22H,8-9H2,(H,19,20). The van der Waals surface area contributed by atoms with Crippen molar-refractivity contribution in [3.63, 3.8) is 0 Å². The summed E-state index contributed by atoms with van der Waals surface area (Å²) in [5, 5.41) is 21.2. The molecule has 2 aromatic carbocycles. The molecule has 0 saturated heterocycles. The van der Waals surface area contributed by atoms with Gasteiger partial charge in [-0.15, -0.1) is 0 Å². The molecule has 1 unspecified atom stereocenters. The normalized spacial score (nSPS) is 12.5. The van der Waals surface area contributed by atoms with Gasteiger partial charge in [-0.25, -0.2) is 4.98 Å². The van der Waals surface area contributed by atoms with E-state index in [9.17, 15) is 5.11 Å². The summed E-state index contributed by atoms with van der Waals surface area (Å²) in [4.78, 5) is 7.87. The van der Waals surface area contributed by atoms with Crippen molar-refractivity contribution >= 4 is 32.7 Å². The summed E-state index contributed by atoms with van der Waals surface area (Å²) < 4.78 is 1.01. The number of rotatable bonds is 5. The van der Waals surface area contributed by atoms with Crippen molar-refractivity contribution in [2.24, 2.45) is 0 Å². The summed E-state index contributed by atoms with van der Waals surface area (Å²) in [7, 11) is 0. The molecule has 4 N–H and O–H groups in total. The Morgan fingerprint density at radius 2 is 1.95 bits per heavy atom. The van der Waals surface area contributed by atoms with Crippen molar-refractivity contribution in [3.8, 4) is 11.4 Å². The van der Waals surface area contributed by atoms with Crippen LogP contribution in [0.2, 0.25) is 0 Å². The van der Waals surface area contributed by atoms with Gasteiger partial charge in [-0.3, -0.25) is 0 Å². The molecule has 1 heterocycles. The second-order valence-corrected chi connectivity index (χ2v) is 5.96. The van der Waals surface area contributed by atoms with Gasteiger partial charge in [-0.1, -0.05) is 15.9 Å². The Labute approximate surface area is 136 Å². The Hall–Kier alpha value is -1.89. The van der Waals surface area contributed by atoms with Gasteiger partial charge >= 0.3 is 0 Å². The first-order valence-electron chi connectivity index (χ1n) is 6.94. The Kier molecular flexibility index (Phi) is 4.42. The van der Waals surface area contributed by atoms with E-state index in [1.165, 1.54) is 0 Å². The van der Waals surface area contributed by atoms with Gasteiger partial charge in [0.25, 0.3) is 0 Å². The van der Waals surface area contributed by atoms with Crippen LogP contribution in [-0.2, 0) is 0 Å². The zero-order valence-corrected chi connectivity index (χ0v) is 13.3. The Morgan fingerprint density at radius 3 is 2.68 bits per heavy atom. The number of benzene rings is 2. The van der Waals surface area contributed by atoms with Gasteiger partial charge in [0.15, 0.2) is 0 Å². The van der Waals surface area contributed by atoms with Crippen LogP contribution in [0, 0.1) is 0 Å². The van der Waals surface area contributed by atoms with E-state index >= 15 is 0 Å². The first-order valence-corrected chi connectivity index (χ1v) is 7.73. The van der Waals surface area contributed by atoms with E-state index in [0.717, 1.165) is 32.6 Å². The van der Waals surface area contributed by atoms with Crippen molar-refractivity contribution < 1.29 is 10.2 Å². The quantitative estimate of drug-likeness (QED) is 0.563. The van der Waals surface area contributed by atoms with Gasteiger partial charge in [-0.2, -0.15) is 0 Å². The van der Waals surface area contributed by atoms with Crippen LogP contribution in [-0.4, -0.2) is 39.4 Å². The number of hydrogen-bond acceptors (Lipinski definition) is 4. The first-order chi connectivity index (χ1) is 10.7. The van der Waals surface area contributed by atoms with Crippen LogP contribution in [0.25, 0.3) is 22.4 Å². The average molecular weight is 362 g/mol. The maximum atomic E-state index is 9.32. The van der Waals surface area contributed by atoms with E-state index in [-0.39, 0.29) is 6.61 Å². The van der Waals surface area contributed by atoms with Crippen molar-refractivity contribution in [2.45, 2.75) is 6.10 Å². The van der Waals surface area contributed by atoms with E-state index in [4.69, 9.17) is 5.11 Å². The summed E-state index contributed by atoms with van der Waals surface area (Å²) >= 11 is 3.45. The number of aliphatic hydroxyl groups is 2. The molecule has 0 amide bonds. The highest BCUT2D eigenvalue weighted by atomic mass is 79.9. The topological polar surface area (TPSA) is 81.2 Å². The number of aliphatic hydroxyl groups excluding tert-OH is 2. The number of anilines is 1. The third-order valence-electron chi connectivity index (χ3n) is 3.35. The van der Waals surface area contributed by atoms with E-state index in [1.54, 1.807) is 0 Å². The summed E-state index contributed by atoms with van der Waals surface area (Å²) in [5.74, 6) is 0.815. The third-order valence-corrected chi connectivity index (χ3v) is 3.85. The Balaban J connectivity index is 1.79. The smallest absolute Gasteiger partial charge is 0.138 e. The number of H-pyrrole nitrogens is 1. The molecule has 0 spiro atoms. The van der Waals surface area contributed by atoms with Crippen LogP contribution in [0.4, 0.5) is 5.69 Å².